The van der Waals surface area contributed by atoms with Crippen LogP contribution in [0.2, 0.25) is 0 Å². The Labute approximate surface area is 101 Å². The zero-order chi connectivity index (χ0) is 11.7. The van der Waals surface area contributed by atoms with Gasteiger partial charge in [0, 0.05) is 37.3 Å². The Morgan fingerprint density at radius 2 is 2.18 bits per heavy atom. The fourth-order valence-electron chi connectivity index (χ4n) is 2.52. The lowest BCUT2D eigenvalue weighted by atomic mass is 10.1. The maximum absolute atomic E-state index is 4.53. The summed E-state index contributed by atoms with van der Waals surface area (Å²) in [5.41, 5.74) is 2.38. The summed E-state index contributed by atoms with van der Waals surface area (Å²) in [6, 6.07) is 11.1. The molecule has 2 heterocycles. The third kappa shape index (κ3) is 1.87. The molecule has 2 aromatic rings. The van der Waals surface area contributed by atoms with Gasteiger partial charge in [0.15, 0.2) is 0 Å². The van der Waals surface area contributed by atoms with E-state index in [1.165, 1.54) is 11.1 Å². The minimum Gasteiger partial charge on any atom is -0.365 e. The van der Waals surface area contributed by atoms with Gasteiger partial charge < -0.3 is 10.2 Å². The van der Waals surface area contributed by atoms with Crippen LogP contribution in [-0.2, 0) is 0 Å². The maximum Gasteiger partial charge on any atom is 0.0935 e. The highest BCUT2D eigenvalue weighted by Gasteiger charge is 2.19. The summed E-state index contributed by atoms with van der Waals surface area (Å²) >= 11 is 0. The first kappa shape index (κ1) is 10.5. The number of piperazine rings is 1. The maximum atomic E-state index is 4.53. The molecule has 0 radical (unpaired) electrons. The van der Waals surface area contributed by atoms with Crippen molar-refractivity contribution in [1.29, 1.82) is 0 Å². The second-order valence-electron chi connectivity index (χ2n) is 4.60. The van der Waals surface area contributed by atoms with E-state index in [9.17, 15) is 0 Å². The highest BCUT2D eigenvalue weighted by Crippen LogP contribution is 2.26. The number of nitrogens with zero attached hydrogens (tertiary/aromatic N) is 2. The first-order valence-corrected chi connectivity index (χ1v) is 6.17. The highest BCUT2D eigenvalue weighted by atomic mass is 15.2. The normalized spacial score (nSPS) is 20.8. The zero-order valence-electron chi connectivity index (χ0n) is 10.1. The second kappa shape index (κ2) is 4.34. The van der Waals surface area contributed by atoms with Crippen molar-refractivity contribution >= 4 is 16.6 Å². The van der Waals surface area contributed by atoms with E-state index < -0.39 is 0 Å². The Kier molecular flexibility index (Phi) is 2.69. The summed E-state index contributed by atoms with van der Waals surface area (Å²) in [6.45, 7) is 5.40. The van der Waals surface area contributed by atoms with Crippen molar-refractivity contribution in [1.82, 2.24) is 10.3 Å². The van der Waals surface area contributed by atoms with Crippen LogP contribution in [0, 0.1) is 0 Å². The van der Waals surface area contributed by atoms with Crippen LogP contribution in [-0.4, -0.2) is 30.7 Å². The van der Waals surface area contributed by atoms with Crippen LogP contribution in [0.5, 0.6) is 0 Å². The number of aromatic nitrogens is 1. The number of para-hydroxylation sites is 1. The molecule has 1 aliphatic rings. The number of fused-ring (bicyclic) bond motifs is 1. The summed E-state index contributed by atoms with van der Waals surface area (Å²) in [4.78, 5) is 6.98. The molecule has 88 valence electrons. The molecular weight excluding hydrogens is 210 g/mol. The van der Waals surface area contributed by atoms with Crippen LogP contribution in [0.15, 0.2) is 36.5 Å². The topological polar surface area (TPSA) is 28.2 Å². The second-order valence-corrected chi connectivity index (χ2v) is 4.60. The first-order chi connectivity index (χ1) is 8.36. The van der Waals surface area contributed by atoms with Crippen molar-refractivity contribution < 1.29 is 0 Å². The average molecular weight is 227 g/mol. The molecule has 1 aromatic heterocycles. The largest absolute Gasteiger partial charge is 0.365 e. The number of pyridine rings is 1. The van der Waals surface area contributed by atoms with Crippen LogP contribution in [0.25, 0.3) is 10.9 Å². The molecule has 1 aliphatic heterocycles. The monoisotopic (exact) mass is 227 g/mol. The van der Waals surface area contributed by atoms with Gasteiger partial charge in [0.25, 0.3) is 0 Å². The molecule has 0 bridgehead atoms. The van der Waals surface area contributed by atoms with Crippen LogP contribution >= 0.6 is 0 Å². The summed E-state index contributed by atoms with van der Waals surface area (Å²) in [6.07, 6.45) is 1.87. The molecule has 3 heteroatoms. The van der Waals surface area contributed by atoms with Crippen molar-refractivity contribution in [2.75, 3.05) is 24.5 Å². The molecule has 0 saturated carbocycles. The molecule has 1 fully saturated rings. The number of benzene rings is 1. The number of hydrogen-bond donors (Lipinski definition) is 1. The van der Waals surface area contributed by atoms with Gasteiger partial charge in [-0.2, -0.15) is 0 Å². The molecule has 1 saturated heterocycles. The van der Waals surface area contributed by atoms with Gasteiger partial charge in [-0.15, -0.1) is 0 Å². The van der Waals surface area contributed by atoms with E-state index in [0.717, 1.165) is 25.2 Å². The minimum atomic E-state index is 0.524. The molecule has 0 amide bonds. The van der Waals surface area contributed by atoms with Gasteiger partial charge >= 0.3 is 0 Å². The molecule has 3 nitrogen and oxygen atoms in total. The van der Waals surface area contributed by atoms with Gasteiger partial charge in [0.2, 0.25) is 0 Å². The van der Waals surface area contributed by atoms with Crippen LogP contribution in [0.1, 0.15) is 6.92 Å². The third-order valence-corrected chi connectivity index (χ3v) is 3.42. The number of hydrogen-bond acceptors (Lipinski definition) is 3. The lowest BCUT2D eigenvalue weighted by molar-refractivity contribution is 0.501. The molecule has 1 N–H and O–H groups in total. The summed E-state index contributed by atoms with van der Waals surface area (Å²) in [5, 5.41) is 4.64. The van der Waals surface area contributed by atoms with Crippen LogP contribution < -0.4 is 10.2 Å². The standard InChI is InChI=1S/C14H17N3/c1-11-10-15-8-9-17(11)13-6-2-4-12-5-3-7-16-14(12)13/h2-7,11,15H,8-10H2,1H3. The Balaban J connectivity index is 2.10. The molecule has 3 rings (SSSR count). The quantitative estimate of drug-likeness (QED) is 0.808. The predicted octanol–water partition coefficient (Wildman–Crippen LogP) is 2.03. The van der Waals surface area contributed by atoms with Crippen LogP contribution in [0.4, 0.5) is 5.69 Å². The lowest BCUT2D eigenvalue weighted by Gasteiger charge is -2.36. The van der Waals surface area contributed by atoms with Gasteiger partial charge in [-0.05, 0) is 19.1 Å². The van der Waals surface area contributed by atoms with E-state index in [-0.39, 0.29) is 0 Å². The van der Waals surface area contributed by atoms with Gasteiger partial charge in [-0.3, -0.25) is 4.98 Å². The van der Waals surface area contributed by atoms with Crippen molar-refractivity contribution in [3.05, 3.63) is 36.5 Å². The van der Waals surface area contributed by atoms with Crippen molar-refractivity contribution in [3.8, 4) is 0 Å². The highest BCUT2D eigenvalue weighted by molar-refractivity contribution is 5.90. The summed E-state index contributed by atoms with van der Waals surface area (Å²) < 4.78 is 0. The van der Waals surface area contributed by atoms with E-state index in [0.29, 0.717) is 6.04 Å². The van der Waals surface area contributed by atoms with Gasteiger partial charge in [-0.25, -0.2) is 0 Å². The fraction of sp³-hybridized carbons (Fsp3) is 0.357. The Hall–Kier alpha value is -1.61. The molecule has 0 spiro atoms. The minimum absolute atomic E-state index is 0.524. The molecule has 1 atom stereocenters. The third-order valence-electron chi connectivity index (χ3n) is 3.42. The van der Waals surface area contributed by atoms with Gasteiger partial charge in [0.05, 0.1) is 11.2 Å². The van der Waals surface area contributed by atoms with Crippen molar-refractivity contribution in [3.63, 3.8) is 0 Å². The number of rotatable bonds is 1. The Morgan fingerprint density at radius 1 is 1.29 bits per heavy atom. The van der Waals surface area contributed by atoms with Gasteiger partial charge in [0.1, 0.15) is 0 Å². The Bertz CT molecular complexity index is 518. The average Bonchev–Trinajstić information content (AvgIpc) is 2.39. The van der Waals surface area contributed by atoms with E-state index in [4.69, 9.17) is 0 Å². The predicted molar refractivity (Wildman–Crippen MR) is 71.4 cm³/mol. The lowest BCUT2D eigenvalue weighted by Crippen LogP contribution is -2.50. The first-order valence-electron chi connectivity index (χ1n) is 6.17. The van der Waals surface area contributed by atoms with Crippen molar-refractivity contribution in [2.24, 2.45) is 0 Å². The van der Waals surface area contributed by atoms with Crippen molar-refractivity contribution in [2.45, 2.75) is 13.0 Å². The number of anilines is 1. The number of nitrogens with one attached hydrogen (secondary N) is 1. The molecule has 17 heavy (non-hydrogen) atoms. The summed E-state index contributed by atoms with van der Waals surface area (Å²) in [5.74, 6) is 0. The van der Waals surface area contributed by atoms with E-state index in [1.54, 1.807) is 0 Å². The fourth-order valence-corrected chi connectivity index (χ4v) is 2.52. The SMILES string of the molecule is CC1CNCCN1c1cccc2cccnc12. The summed E-state index contributed by atoms with van der Waals surface area (Å²) in [7, 11) is 0. The van der Waals surface area contributed by atoms with Gasteiger partial charge in [-0.1, -0.05) is 18.2 Å². The smallest absolute Gasteiger partial charge is 0.0935 e. The molecule has 0 aliphatic carbocycles. The Morgan fingerprint density at radius 3 is 3.06 bits per heavy atom. The molecular formula is C14H17N3. The zero-order valence-corrected chi connectivity index (χ0v) is 10.1. The molecule has 1 unspecified atom stereocenters. The van der Waals surface area contributed by atoms with E-state index >= 15 is 0 Å². The molecule has 1 aromatic carbocycles. The van der Waals surface area contributed by atoms with Crippen LogP contribution in [0.3, 0.4) is 0 Å². The van der Waals surface area contributed by atoms with E-state index in [2.05, 4.69) is 46.4 Å². The van der Waals surface area contributed by atoms with E-state index in [1.807, 2.05) is 12.3 Å².